The van der Waals surface area contributed by atoms with Gasteiger partial charge in [0.2, 0.25) is 5.91 Å². The number of hydrogen-bond acceptors (Lipinski definition) is 1. The van der Waals surface area contributed by atoms with Gasteiger partial charge in [0, 0.05) is 24.4 Å². The summed E-state index contributed by atoms with van der Waals surface area (Å²) in [6.45, 7) is 4.74. The summed E-state index contributed by atoms with van der Waals surface area (Å²) in [4.78, 5) is 14.4. The first-order valence-electron chi connectivity index (χ1n) is 6.56. The summed E-state index contributed by atoms with van der Waals surface area (Å²) in [6.07, 6.45) is 1.75. The lowest BCUT2D eigenvalue weighted by atomic mass is 10.0. The fourth-order valence-corrected chi connectivity index (χ4v) is 2.86. The Kier molecular flexibility index (Phi) is 4.28. The third-order valence-electron chi connectivity index (χ3n) is 3.63. The summed E-state index contributed by atoms with van der Waals surface area (Å²) in [7, 11) is 0. The number of nitrogens with zero attached hydrogens (tertiary/aromatic N) is 1. The predicted octanol–water partition coefficient (Wildman–Crippen LogP) is 2.88. The van der Waals surface area contributed by atoms with Crippen molar-refractivity contribution in [1.82, 2.24) is 4.90 Å². The molecule has 1 aliphatic carbocycles. The molecule has 0 atom stereocenters. The molecule has 0 bridgehead atoms. The van der Waals surface area contributed by atoms with Crippen LogP contribution >= 0.6 is 11.6 Å². The highest BCUT2D eigenvalue weighted by molar-refractivity contribution is 6.18. The summed E-state index contributed by atoms with van der Waals surface area (Å²) in [5.41, 5.74) is 2.65. The van der Waals surface area contributed by atoms with Gasteiger partial charge in [0.1, 0.15) is 0 Å². The van der Waals surface area contributed by atoms with Crippen molar-refractivity contribution in [1.29, 1.82) is 0 Å². The maximum Gasteiger partial charge on any atom is 0.226 e. The van der Waals surface area contributed by atoms with Crippen LogP contribution in [0.5, 0.6) is 0 Å². The molecule has 0 fully saturated rings. The Balaban J connectivity index is 2.08. The van der Waals surface area contributed by atoms with Crippen molar-refractivity contribution in [2.24, 2.45) is 5.92 Å². The van der Waals surface area contributed by atoms with Crippen molar-refractivity contribution < 1.29 is 4.79 Å². The summed E-state index contributed by atoms with van der Waals surface area (Å²) < 4.78 is 0. The monoisotopic (exact) mass is 265 g/mol. The SMILES string of the molecule is CC(C)N(CCCl)C(=O)C1Cc2ccccc2C1. The smallest absolute Gasteiger partial charge is 0.226 e. The van der Waals surface area contributed by atoms with Gasteiger partial charge < -0.3 is 4.90 Å². The zero-order valence-electron chi connectivity index (χ0n) is 11.0. The average molecular weight is 266 g/mol. The molecule has 1 aliphatic rings. The van der Waals surface area contributed by atoms with Gasteiger partial charge in [-0.05, 0) is 37.8 Å². The molecule has 0 unspecified atom stereocenters. The normalized spacial score (nSPS) is 14.9. The minimum absolute atomic E-state index is 0.105. The van der Waals surface area contributed by atoms with Crippen LogP contribution in [0, 0.1) is 5.92 Å². The van der Waals surface area contributed by atoms with Gasteiger partial charge in [0.05, 0.1) is 0 Å². The Bertz CT molecular complexity index is 405. The number of carbonyl (C=O) groups is 1. The molecule has 0 spiro atoms. The molecule has 0 aliphatic heterocycles. The van der Waals surface area contributed by atoms with Gasteiger partial charge in [-0.3, -0.25) is 4.79 Å². The molecule has 0 saturated heterocycles. The van der Waals surface area contributed by atoms with Gasteiger partial charge >= 0.3 is 0 Å². The molecule has 0 saturated carbocycles. The Hall–Kier alpha value is -1.02. The molecular weight excluding hydrogens is 246 g/mol. The second-order valence-electron chi connectivity index (χ2n) is 5.19. The number of fused-ring (bicyclic) bond motifs is 1. The second kappa shape index (κ2) is 5.75. The van der Waals surface area contributed by atoms with Gasteiger partial charge in [-0.15, -0.1) is 11.6 Å². The van der Waals surface area contributed by atoms with Crippen molar-refractivity contribution in [2.45, 2.75) is 32.7 Å². The summed E-state index contributed by atoms with van der Waals surface area (Å²) in [6, 6.07) is 8.57. The molecule has 1 amide bonds. The molecule has 0 radical (unpaired) electrons. The van der Waals surface area contributed by atoms with E-state index in [-0.39, 0.29) is 17.9 Å². The topological polar surface area (TPSA) is 20.3 Å². The molecule has 98 valence electrons. The molecule has 3 heteroatoms. The van der Waals surface area contributed by atoms with Crippen LogP contribution in [-0.4, -0.2) is 29.3 Å². The van der Waals surface area contributed by atoms with Crippen LogP contribution in [0.2, 0.25) is 0 Å². The highest BCUT2D eigenvalue weighted by Crippen LogP contribution is 2.28. The van der Waals surface area contributed by atoms with Crippen LogP contribution in [0.15, 0.2) is 24.3 Å². The Morgan fingerprint density at radius 3 is 2.33 bits per heavy atom. The Labute approximate surface area is 114 Å². The maximum absolute atomic E-state index is 12.5. The molecule has 0 N–H and O–H groups in total. The first kappa shape index (κ1) is 13.4. The lowest BCUT2D eigenvalue weighted by Gasteiger charge is -2.28. The fraction of sp³-hybridized carbons (Fsp3) is 0.533. The van der Waals surface area contributed by atoms with Crippen LogP contribution in [-0.2, 0) is 17.6 Å². The third kappa shape index (κ3) is 2.69. The van der Waals surface area contributed by atoms with Crippen molar-refractivity contribution >= 4 is 17.5 Å². The molecule has 1 aromatic rings. The number of rotatable bonds is 4. The first-order valence-corrected chi connectivity index (χ1v) is 7.10. The van der Waals surface area contributed by atoms with Crippen LogP contribution < -0.4 is 0 Å². The maximum atomic E-state index is 12.5. The number of amides is 1. The highest BCUT2D eigenvalue weighted by atomic mass is 35.5. The number of halogens is 1. The van der Waals surface area contributed by atoms with Crippen LogP contribution in [0.3, 0.4) is 0 Å². The fourth-order valence-electron chi connectivity index (χ4n) is 2.68. The molecule has 0 aromatic heterocycles. The number of alkyl halides is 1. The molecule has 2 rings (SSSR count). The van der Waals surface area contributed by atoms with Crippen molar-refractivity contribution in [3.8, 4) is 0 Å². The summed E-state index contributed by atoms with van der Waals surface area (Å²) >= 11 is 5.79. The standard InChI is InChI=1S/C15H20ClNO/c1-11(2)17(8-7-16)15(18)14-9-12-5-3-4-6-13(12)10-14/h3-6,11,14H,7-10H2,1-2H3. The lowest BCUT2D eigenvalue weighted by Crippen LogP contribution is -2.42. The largest absolute Gasteiger partial charge is 0.339 e. The zero-order chi connectivity index (χ0) is 13.1. The molecular formula is C15H20ClNO. The zero-order valence-corrected chi connectivity index (χ0v) is 11.8. The summed E-state index contributed by atoms with van der Waals surface area (Å²) in [5, 5.41) is 0. The minimum atomic E-state index is 0.105. The summed E-state index contributed by atoms with van der Waals surface area (Å²) in [5.74, 6) is 0.860. The van der Waals surface area contributed by atoms with E-state index >= 15 is 0 Å². The van der Waals surface area contributed by atoms with Crippen molar-refractivity contribution in [2.75, 3.05) is 12.4 Å². The van der Waals surface area contributed by atoms with E-state index in [0.717, 1.165) is 12.8 Å². The number of hydrogen-bond donors (Lipinski definition) is 0. The lowest BCUT2D eigenvalue weighted by molar-refractivity contribution is -0.136. The van der Waals surface area contributed by atoms with Gasteiger partial charge in [0.15, 0.2) is 0 Å². The van der Waals surface area contributed by atoms with Crippen LogP contribution in [0.25, 0.3) is 0 Å². The molecule has 0 heterocycles. The first-order chi connectivity index (χ1) is 8.63. The minimum Gasteiger partial charge on any atom is -0.339 e. The van der Waals surface area contributed by atoms with Gasteiger partial charge in [-0.2, -0.15) is 0 Å². The van der Waals surface area contributed by atoms with E-state index in [1.165, 1.54) is 11.1 Å². The number of carbonyl (C=O) groups excluding carboxylic acids is 1. The predicted molar refractivity (Wildman–Crippen MR) is 74.9 cm³/mol. The van der Waals surface area contributed by atoms with E-state index in [9.17, 15) is 4.79 Å². The van der Waals surface area contributed by atoms with Crippen LogP contribution in [0.4, 0.5) is 0 Å². The Morgan fingerprint density at radius 2 is 1.89 bits per heavy atom. The average Bonchev–Trinajstić information content (AvgIpc) is 2.78. The molecule has 1 aromatic carbocycles. The molecule has 2 nitrogen and oxygen atoms in total. The van der Waals surface area contributed by atoms with Gasteiger partial charge in [0.25, 0.3) is 0 Å². The Morgan fingerprint density at radius 1 is 1.33 bits per heavy atom. The van der Waals surface area contributed by atoms with Gasteiger partial charge in [-0.1, -0.05) is 24.3 Å². The van der Waals surface area contributed by atoms with E-state index in [2.05, 4.69) is 12.1 Å². The molecule has 18 heavy (non-hydrogen) atoms. The van der Waals surface area contributed by atoms with Crippen molar-refractivity contribution in [3.05, 3.63) is 35.4 Å². The van der Waals surface area contributed by atoms with E-state index in [0.29, 0.717) is 12.4 Å². The quantitative estimate of drug-likeness (QED) is 0.767. The van der Waals surface area contributed by atoms with E-state index in [1.807, 2.05) is 30.9 Å². The highest BCUT2D eigenvalue weighted by Gasteiger charge is 2.31. The third-order valence-corrected chi connectivity index (χ3v) is 3.80. The van der Waals surface area contributed by atoms with E-state index in [1.54, 1.807) is 0 Å². The van der Waals surface area contributed by atoms with Crippen molar-refractivity contribution in [3.63, 3.8) is 0 Å². The van der Waals surface area contributed by atoms with Crippen LogP contribution in [0.1, 0.15) is 25.0 Å². The van der Waals surface area contributed by atoms with E-state index in [4.69, 9.17) is 11.6 Å². The number of benzene rings is 1. The van der Waals surface area contributed by atoms with E-state index < -0.39 is 0 Å². The second-order valence-corrected chi connectivity index (χ2v) is 5.57. The van der Waals surface area contributed by atoms with Gasteiger partial charge in [-0.25, -0.2) is 0 Å².